The van der Waals surface area contributed by atoms with Gasteiger partial charge in [-0.15, -0.1) is 10.2 Å². The highest BCUT2D eigenvalue weighted by Crippen LogP contribution is 2.29. The fourth-order valence-corrected chi connectivity index (χ4v) is 1.30. The van der Waals surface area contributed by atoms with Gasteiger partial charge in [-0.25, -0.2) is 4.98 Å². The van der Waals surface area contributed by atoms with Crippen LogP contribution in [0.3, 0.4) is 0 Å². The third-order valence-corrected chi connectivity index (χ3v) is 2.06. The summed E-state index contributed by atoms with van der Waals surface area (Å²) in [5.41, 5.74) is 0. The third kappa shape index (κ3) is 1.95. The molecule has 0 aromatic carbocycles. The molecule has 0 atom stereocenters. The standard InChI is InChI=1S/C8H10N4O2/c13-8(14)4-12(6-1-2-6)7-3-9-5-10-11-7/h3,5-6H,1-2,4H2,(H,13,14). The Morgan fingerprint density at radius 1 is 1.64 bits per heavy atom. The van der Waals surface area contributed by atoms with Crippen molar-refractivity contribution in [3.63, 3.8) is 0 Å². The van der Waals surface area contributed by atoms with Crippen molar-refractivity contribution in [2.24, 2.45) is 0 Å². The molecule has 1 saturated carbocycles. The average Bonchev–Trinajstić information content (AvgIpc) is 2.99. The summed E-state index contributed by atoms with van der Waals surface area (Å²) in [4.78, 5) is 16.1. The van der Waals surface area contributed by atoms with E-state index in [1.807, 2.05) is 0 Å². The molecule has 0 radical (unpaired) electrons. The summed E-state index contributed by atoms with van der Waals surface area (Å²) in [7, 11) is 0. The Bertz CT molecular complexity index is 325. The molecule has 74 valence electrons. The number of carboxylic acids is 1. The molecule has 1 heterocycles. The Balaban J connectivity index is 2.14. The fraction of sp³-hybridized carbons (Fsp3) is 0.500. The van der Waals surface area contributed by atoms with E-state index in [0.717, 1.165) is 12.8 Å². The van der Waals surface area contributed by atoms with Crippen molar-refractivity contribution in [3.05, 3.63) is 12.5 Å². The number of hydrogen-bond donors (Lipinski definition) is 1. The molecule has 0 saturated heterocycles. The Morgan fingerprint density at radius 3 is 2.93 bits per heavy atom. The van der Waals surface area contributed by atoms with Crippen molar-refractivity contribution >= 4 is 11.8 Å². The largest absolute Gasteiger partial charge is 0.480 e. The third-order valence-electron chi connectivity index (χ3n) is 2.06. The van der Waals surface area contributed by atoms with Gasteiger partial charge in [-0.3, -0.25) is 4.79 Å². The van der Waals surface area contributed by atoms with E-state index in [9.17, 15) is 4.79 Å². The maximum atomic E-state index is 10.6. The molecule has 1 aliphatic rings. The van der Waals surface area contributed by atoms with Gasteiger partial charge in [0.05, 0.1) is 6.20 Å². The van der Waals surface area contributed by atoms with Crippen molar-refractivity contribution in [1.82, 2.24) is 15.2 Å². The lowest BCUT2D eigenvalue weighted by atomic mass is 10.4. The van der Waals surface area contributed by atoms with E-state index in [-0.39, 0.29) is 6.54 Å². The predicted octanol–water partition coefficient (Wildman–Crippen LogP) is -0.0750. The molecule has 1 aromatic heterocycles. The SMILES string of the molecule is O=C(O)CN(c1cncnn1)C1CC1. The number of hydrogen-bond acceptors (Lipinski definition) is 5. The molecule has 0 aliphatic heterocycles. The number of aliphatic carboxylic acids is 1. The van der Waals surface area contributed by atoms with Gasteiger partial charge in [-0.2, -0.15) is 0 Å². The first-order valence-corrected chi connectivity index (χ1v) is 4.38. The van der Waals surface area contributed by atoms with Gasteiger partial charge in [0.15, 0.2) is 5.82 Å². The van der Waals surface area contributed by atoms with Gasteiger partial charge in [-0.1, -0.05) is 0 Å². The van der Waals surface area contributed by atoms with Gasteiger partial charge in [0.2, 0.25) is 0 Å². The van der Waals surface area contributed by atoms with Gasteiger partial charge >= 0.3 is 5.97 Å². The summed E-state index contributed by atoms with van der Waals surface area (Å²) in [6.45, 7) is -0.0367. The highest BCUT2D eigenvalue weighted by Gasteiger charge is 2.31. The van der Waals surface area contributed by atoms with Gasteiger partial charge in [0.1, 0.15) is 12.9 Å². The van der Waals surface area contributed by atoms with Crippen molar-refractivity contribution < 1.29 is 9.90 Å². The molecule has 0 spiro atoms. The zero-order valence-electron chi connectivity index (χ0n) is 7.50. The second-order valence-corrected chi connectivity index (χ2v) is 3.22. The first kappa shape index (κ1) is 8.86. The van der Waals surface area contributed by atoms with Crippen LogP contribution in [0.1, 0.15) is 12.8 Å². The van der Waals surface area contributed by atoms with Crippen LogP contribution >= 0.6 is 0 Å². The summed E-state index contributed by atoms with van der Waals surface area (Å²) in [5, 5.41) is 16.2. The van der Waals surface area contributed by atoms with Crippen LogP contribution in [0.2, 0.25) is 0 Å². The van der Waals surface area contributed by atoms with E-state index in [0.29, 0.717) is 11.9 Å². The lowest BCUT2D eigenvalue weighted by molar-refractivity contribution is -0.135. The quantitative estimate of drug-likeness (QED) is 0.722. The summed E-state index contributed by atoms with van der Waals surface area (Å²) >= 11 is 0. The van der Waals surface area contributed by atoms with E-state index in [1.165, 1.54) is 12.5 Å². The molecule has 0 amide bonds. The van der Waals surface area contributed by atoms with Crippen LogP contribution in [0, 0.1) is 0 Å². The maximum absolute atomic E-state index is 10.6. The van der Waals surface area contributed by atoms with Crippen LogP contribution in [0.25, 0.3) is 0 Å². The minimum absolute atomic E-state index is 0.0367. The van der Waals surface area contributed by atoms with Crippen LogP contribution < -0.4 is 4.90 Å². The normalized spacial score (nSPS) is 15.1. The highest BCUT2D eigenvalue weighted by atomic mass is 16.4. The highest BCUT2D eigenvalue weighted by molar-refractivity contribution is 5.73. The van der Waals surface area contributed by atoms with E-state index in [2.05, 4.69) is 15.2 Å². The van der Waals surface area contributed by atoms with Crippen LogP contribution in [-0.2, 0) is 4.79 Å². The Kier molecular flexibility index (Phi) is 2.26. The Morgan fingerprint density at radius 2 is 2.43 bits per heavy atom. The van der Waals surface area contributed by atoms with Crippen LogP contribution in [-0.4, -0.2) is 38.8 Å². The summed E-state index contributed by atoms with van der Waals surface area (Å²) in [6, 6.07) is 0.296. The average molecular weight is 194 g/mol. The van der Waals surface area contributed by atoms with Crippen LogP contribution in [0.5, 0.6) is 0 Å². The van der Waals surface area contributed by atoms with Crippen molar-refractivity contribution in [3.8, 4) is 0 Å². The van der Waals surface area contributed by atoms with E-state index in [1.54, 1.807) is 4.90 Å². The van der Waals surface area contributed by atoms with E-state index < -0.39 is 5.97 Å². The maximum Gasteiger partial charge on any atom is 0.323 e. The van der Waals surface area contributed by atoms with Gasteiger partial charge in [0, 0.05) is 6.04 Å². The van der Waals surface area contributed by atoms with Crippen molar-refractivity contribution in [2.45, 2.75) is 18.9 Å². The molecular formula is C8H10N4O2. The van der Waals surface area contributed by atoms with Gasteiger partial charge < -0.3 is 10.0 Å². The molecule has 6 nitrogen and oxygen atoms in total. The number of aromatic nitrogens is 3. The van der Waals surface area contributed by atoms with E-state index in [4.69, 9.17) is 5.11 Å². The Labute approximate surface area is 80.6 Å². The van der Waals surface area contributed by atoms with Crippen LogP contribution in [0.4, 0.5) is 5.82 Å². The molecule has 1 fully saturated rings. The number of anilines is 1. The second-order valence-electron chi connectivity index (χ2n) is 3.22. The van der Waals surface area contributed by atoms with E-state index >= 15 is 0 Å². The predicted molar refractivity (Wildman–Crippen MR) is 47.8 cm³/mol. The molecule has 0 bridgehead atoms. The smallest absolute Gasteiger partial charge is 0.323 e. The van der Waals surface area contributed by atoms with Gasteiger partial charge in [-0.05, 0) is 12.8 Å². The van der Waals surface area contributed by atoms with Crippen molar-refractivity contribution in [1.29, 1.82) is 0 Å². The number of carbonyl (C=O) groups is 1. The minimum atomic E-state index is -0.859. The number of rotatable bonds is 4. The summed E-state index contributed by atoms with van der Waals surface area (Å²) in [5.74, 6) is -0.319. The summed E-state index contributed by atoms with van der Waals surface area (Å²) < 4.78 is 0. The fourth-order valence-electron chi connectivity index (χ4n) is 1.30. The van der Waals surface area contributed by atoms with Gasteiger partial charge in [0.25, 0.3) is 0 Å². The zero-order chi connectivity index (χ0) is 9.97. The molecule has 1 aromatic rings. The lowest BCUT2D eigenvalue weighted by Crippen LogP contribution is -2.32. The zero-order valence-corrected chi connectivity index (χ0v) is 7.50. The topological polar surface area (TPSA) is 79.2 Å². The number of nitrogens with zero attached hydrogens (tertiary/aromatic N) is 4. The van der Waals surface area contributed by atoms with Crippen molar-refractivity contribution in [2.75, 3.05) is 11.4 Å². The second kappa shape index (κ2) is 3.57. The molecular weight excluding hydrogens is 184 g/mol. The first-order valence-electron chi connectivity index (χ1n) is 4.38. The molecule has 6 heteroatoms. The molecule has 14 heavy (non-hydrogen) atoms. The summed E-state index contributed by atoms with van der Waals surface area (Å²) in [6.07, 6.45) is 4.90. The molecule has 1 N–H and O–H groups in total. The lowest BCUT2D eigenvalue weighted by Gasteiger charge is -2.19. The molecule has 0 unspecified atom stereocenters. The number of carboxylic acid groups (broad SMARTS) is 1. The Hall–Kier alpha value is -1.72. The molecule has 2 rings (SSSR count). The minimum Gasteiger partial charge on any atom is -0.480 e. The van der Waals surface area contributed by atoms with Crippen LogP contribution in [0.15, 0.2) is 12.5 Å². The molecule has 1 aliphatic carbocycles. The monoisotopic (exact) mass is 194 g/mol. The first-order chi connectivity index (χ1) is 6.77.